The van der Waals surface area contributed by atoms with Crippen molar-refractivity contribution in [2.45, 2.75) is 73.2 Å². The van der Waals surface area contributed by atoms with Crippen molar-refractivity contribution in [2.75, 3.05) is 0 Å². The Kier molecular flexibility index (Phi) is 4.88. The van der Waals surface area contributed by atoms with E-state index in [4.69, 9.17) is 0 Å². The number of sulfonamides is 2. The van der Waals surface area contributed by atoms with Gasteiger partial charge in [-0.1, -0.05) is 19.3 Å². The van der Waals surface area contributed by atoms with Gasteiger partial charge in [0, 0.05) is 12.1 Å². The van der Waals surface area contributed by atoms with E-state index in [0.717, 1.165) is 44.9 Å². The molecule has 0 amide bonds. The average molecular weight is 399 g/mol. The third kappa shape index (κ3) is 3.69. The molecule has 4 rings (SSSR count). The Hall–Kier alpha value is -0.960. The first-order chi connectivity index (χ1) is 12.3. The normalized spacial score (nSPS) is 29.5. The molecule has 0 heterocycles. The molecule has 0 spiro atoms. The summed E-state index contributed by atoms with van der Waals surface area (Å²) in [6.45, 7) is 0. The van der Waals surface area contributed by atoms with Crippen LogP contribution in [0.2, 0.25) is 0 Å². The van der Waals surface area contributed by atoms with Crippen molar-refractivity contribution in [1.29, 1.82) is 0 Å². The van der Waals surface area contributed by atoms with Gasteiger partial charge in [0.15, 0.2) is 0 Å². The lowest BCUT2D eigenvalue weighted by Crippen LogP contribution is -2.38. The second-order valence-electron chi connectivity index (χ2n) is 7.98. The van der Waals surface area contributed by atoms with Gasteiger partial charge in [-0.15, -0.1) is 0 Å². The fourth-order valence-electron chi connectivity index (χ4n) is 4.79. The lowest BCUT2D eigenvalue weighted by molar-refractivity contribution is 0.390. The van der Waals surface area contributed by atoms with E-state index in [2.05, 4.69) is 9.44 Å². The summed E-state index contributed by atoms with van der Waals surface area (Å²) in [5.74, 6) is 1.10. The Balaban J connectivity index is 1.46. The van der Waals surface area contributed by atoms with Crippen LogP contribution < -0.4 is 9.44 Å². The van der Waals surface area contributed by atoms with E-state index in [-0.39, 0.29) is 21.9 Å². The standard InChI is InChI=1S/C18H26N2O4S2/c21-25(22,19-15-3-1-2-4-15)16-7-9-17(10-8-16)26(23,24)20-18-12-13-5-6-14(18)11-13/h7-10,13-15,18-20H,1-6,11-12H2/t13-,14+,18-/m0/s1. The molecule has 3 fully saturated rings. The van der Waals surface area contributed by atoms with Crippen LogP contribution in [-0.4, -0.2) is 28.9 Å². The van der Waals surface area contributed by atoms with E-state index in [1.54, 1.807) is 0 Å². The number of fused-ring (bicyclic) bond motifs is 2. The maximum Gasteiger partial charge on any atom is 0.240 e. The maximum absolute atomic E-state index is 12.6. The molecule has 1 aromatic carbocycles. The molecule has 6 nitrogen and oxygen atoms in total. The van der Waals surface area contributed by atoms with Crippen molar-refractivity contribution in [3.63, 3.8) is 0 Å². The van der Waals surface area contributed by atoms with E-state index in [0.29, 0.717) is 11.8 Å². The van der Waals surface area contributed by atoms with Crippen molar-refractivity contribution < 1.29 is 16.8 Å². The molecular weight excluding hydrogens is 372 g/mol. The molecule has 0 aromatic heterocycles. The molecule has 8 heteroatoms. The average Bonchev–Trinajstić information content (AvgIpc) is 3.32. The summed E-state index contributed by atoms with van der Waals surface area (Å²) in [5, 5.41) is 0. The summed E-state index contributed by atoms with van der Waals surface area (Å²) < 4.78 is 55.7. The van der Waals surface area contributed by atoms with Crippen LogP contribution >= 0.6 is 0 Å². The van der Waals surface area contributed by atoms with Gasteiger partial charge in [0.25, 0.3) is 0 Å². The number of hydrogen-bond donors (Lipinski definition) is 2. The summed E-state index contributed by atoms with van der Waals surface area (Å²) >= 11 is 0. The lowest BCUT2D eigenvalue weighted by atomic mass is 9.96. The predicted molar refractivity (Wildman–Crippen MR) is 98.6 cm³/mol. The number of benzene rings is 1. The summed E-state index contributed by atoms with van der Waals surface area (Å²) in [7, 11) is -7.22. The topological polar surface area (TPSA) is 92.3 Å². The molecule has 0 radical (unpaired) electrons. The third-order valence-electron chi connectivity index (χ3n) is 6.17. The van der Waals surface area contributed by atoms with E-state index in [1.807, 2.05) is 0 Å². The van der Waals surface area contributed by atoms with Gasteiger partial charge in [-0.25, -0.2) is 26.3 Å². The van der Waals surface area contributed by atoms with Gasteiger partial charge < -0.3 is 0 Å². The second-order valence-corrected chi connectivity index (χ2v) is 11.4. The zero-order valence-electron chi connectivity index (χ0n) is 14.7. The molecule has 1 aromatic rings. The highest BCUT2D eigenvalue weighted by atomic mass is 32.2. The molecule has 3 aliphatic carbocycles. The van der Waals surface area contributed by atoms with Crippen molar-refractivity contribution in [3.05, 3.63) is 24.3 Å². The Morgan fingerprint density at radius 3 is 1.81 bits per heavy atom. The van der Waals surface area contributed by atoms with E-state index in [9.17, 15) is 16.8 Å². The third-order valence-corrected chi connectivity index (χ3v) is 9.21. The molecule has 2 bridgehead atoms. The Morgan fingerprint density at radius 2 is 1.31 bits per heavy atom. The predicted octanol–water partition coefficient (Wildman–Crippen LogP) is 2.37. The number of hydrogen-bond acceptors (Lipinski definition) is 4. The van der Waals surface area contributed by atoms with Crippen molar-refractivity contribution >= 4 is 20.0 Å². The first-order valence-corrected chi connectivity index (χ1v) is 12.4. The molecule has 0 unspecified atom stereocenters. The molecule has 0 aliphatic heterocycles. The summed E-state index contributed by atoms with van der Waals surface area (Å²) in [6, 6.07) is 5.55. The minimum absolute atomic E-state index is 0.0112. The lowest BCUT2D eigenvalue weighted by Gasteiger charge is -2.22. The second kappa shape index (κ2) is 6.89. The van der Waals surface area contributed by atoms with Crippen LogP contribution in [0.4, 0.5) is 0 Å². The molecule has 26 heavy (non-hydrogen) atoms. The summed E-state index contributed by atoms with van der Waals surface area (Å²) in [6.07, 6.45) is 8.15. The van der Waals surface area contributed by atoms with Gasteiger partial charge in [-0.2, -0.15) is 0 Å². The molecule has 2 N–H and O–H groups in total. The summed E-state index contributed by atoms with van der Waals surface area (Å²) in [5.41, 5.74) is 0. The van der Waals surface area contributed by atoms with Crippen LogP contribution in [0.1, 0.15) is 51.4 Å². The molecule has 3 aliphatic rings. The highest BCUT2D eigenvalue weighted by Crippen LogP contribution is 2.44. The molecule has 3 saturated carbocycles. The SMILES string of the molecule is O=S(=O)(NC1CCCC1)c1ccc(S(=O)(=O)N[C@H]2C[C@H]3CC[C@@H]2C3)cc1. The van der Waals surface area contributed by atoms with Crippen LogP contribution in [0.5, 0.6) is 0 Å². The number of rotatable bonds is 6. The van der Waals surface area contributed by atoms with E-state index < -0.39 is 20.0 Å². The van der Waals surface area contributed by atoms with Crippen LogP contribution in [-0.2, 0) is 20.0 Å². The first kappa shape index (κ1) is 18.4. The Morgan fingerprint density at radius 1 is 0.731 bits per heavy atom. The van der Waals surface area contributed by atoms with Crippen LogP contribution in [0, 0.1) is 11.8 Å². The molecular formula is C18H26N2O4S2. The Labute approximate surface area is 155 Å². The zero-order chi connectivity index (χ0) is 18.4. The van der Waals surface area contributed by atoms with E-state index >= 15 is 0 Å². The van der Waals surface area contributed by atoms with Gasteiger partial charge in [0.1, 0.15) is 0 Å². The summed E-state index contributed by atoms with van der Waals surface area (Å²) in [4.78, 5) is 0.239. The maximum atomic E-state index is 12.6. The zero-order valence-corrected chi connectivity index (χ0v) is 16.4. The highest BCUT2D eigenvalue weighted by Gasteiger charge is 2.41. The van der Waals surface area contributed by atoms with Gasteiger partial charge >= 0.3 is 0 Å². The van der Waals surface area contributed by atoms with Crippen molar-refractivity contribution in [1.82, 2.24) is 9.44 Å². The van der Waals surface area contributed by atoms with Gasteiger partial charge in [0.05, 0.1) is 9.79 Å². The smallest absolute Gasteiger partial charge is 0.208 e. The quantitative estimate of drug-likeness (QED) is 0.769. The molecule has 0 saturated heterocycles. The minimum atomic E-state index is -3.62. The monoisotopic (exact) mass is 398 g/mol. The van der Waals surface area contributed by atoms with Crippen LogP contribution in [0.3, 0.4) is 0 Å². The largest absolute Gasteiger partial charge is 0.240 e. The van der Waals surface area contributed by atoms with Crippen LogP contribution in [0.15, 0.2) is 34.1 Å². The van der Waals surface area contributed by atoms with E-state index in [1.165, 1.54) is 30.7 Å². The van der Waals surface area contributed by atoms with Gasteiger partial charge in [0.2, 0.25) is 20.0 Å². The van der Waals surface area contributed by atoms with Crippen molar-refractivity contribution in [2.24, 2.45) is 11.8 Å². The Bertz CT molecular complexity index is 859. The van der Waals surface area contributed by atoms with Crippen LogP contribution in [0.25, 0.3) is 0 Å². The first-order valence-electron chi connectivity index (χ1n) is 9.48. The fourth-order valence-corrected chi connectivity index (χ4v) is 7.41. The van der Waals surface area contributed by atoms with Crippen molar-refractivity contribution in [3.8, 4) is 0 Å². The fraction of sp³-hybridized carbons (Fsp3) is 0.667. The van der Waals surface area contributed by atoms with Gasteiger partial charge in [-0.3, -0.25) is 0 Å². The minimum Gasteiger partial charge on any atom is -0.208 e. The molecule has 3 atom stereocenters. The molecule has 144 valence electrons. The highest BCUT2D eigenvalue weighted by molar-refractivity contribution is 7.90. The van der Waals surface area contributed by atoms with Gasteiger partial charge in [-0.05, 0) is 68.2 Å². The number of nitrogens with one attached hydrogen (secondary N) is 2.